The van der Waals surface area contributed by atoms with Crippen LogP contribution in [-0.4, -0.2) is 35.5 Å². The first-order chi connectivity index (χ1) is 6.83. The zero-order chi connectivity index (χ0) is 9.97. The molecule has 0 aromatic rings. The number of carbonyl (C=O) groups is 1. The fourth-order valence-electron chi connectivity index (χ4n) is 2.49. The number of hydrogen-bond donors (Lipinski definition) is 0. The molecule has 2 aliphatic heterocycles. The molecule has 0 N–H and O–H groups in total. The zero-order valence-electron chi connectivity index (χ0n) is 8.11. The van der Waals surface area contributed by atoms with Crippen molar-refractivity contribution in [1.29, 1.82) is 0 Å². The molecule has 4 heteroatoms. The van der Waals surface area contributed by atoms with Crippen LogP contribution in [0.15, 0.2) is 4.99 Å². The molecule has 2 rings (SSSR count). The average molecular weight is 194 g/mol. The summed E-state index contributed by atoms with van der Waals surface area (Å²) in [6.45, 7) is 0.842. The number of rotatable bonds is 1. The van der Waals surface area contributed by atoms with Crippen LogP contribution in [0.2, 0.25) is 0 Å². The molecule has 0 aromatic heterocycles. The van der Waals surface area contributed by atoms with Crippen molar-refractivity contribution in [3.63, 3.8) is 0 Å². The number of nitrogens with zero attached hydrogens (tertiary/aromatic N) is 2. The third kappa shape index (κ3) is 1.58. The largest absolute Gasteiger partial charge is 0.338 e. The van der Waals surface area contributed by atoms with Gasteiger partial charge in [-0.2, -0.15) is 0 Å². The van der Waals surface area contributed by atoms with Gasteiger partial charge in [0.2, 0.25) is 12.0 Å². The summed E-state index contributed by atoms with van der Waals surface area (Å²) in [5.74, 6) is 0.229. The number of amides is 1. The number of piperidine rings is 2. The first kappa shape index (κ1) is 9.41. The summed E-state index contributed by atoms with van der Waals surface area (Å²) in [6.07, 6.45) is 6.08. The van der Waals surface area contributed by atoms with Crippen LogP contribution in [0.3, 0.4) is 0 Å². The highest BCUT2D eigenvalue weighted by Gasteiger charge is 2.36. The van der Waals surface area contributed by atoms with Crippen molar-refractivity contribution in [2.24, 2.45) is 4.99 Å². The van der Waals surface area contributed by atoms with Crippen molar-refractivity contribution in [2.45, 2.75) is 44.2 Å². The van der Waals surface area contributed by atoms with Gasteiger partial charge >= 0.3 is 0 Å². The summed E-state index contributed by atoms with van der Waals surface area (Å²) in [7, 11) is 0. The molecule has 0 radical (unpaired) electrons. The standard InChI is InChI=1S/C10H14N2O2/c13-7-11-8-4-5-10(14)12-6-2-1-3-9(8)12/h8-9H,1-6H2/t8-,9+/m0/s1. The van der Waals surface area contributed by atoms with E-state index in [0.29, 0.717) is 6.42 Å². The molecule has 0 unspecified atom stereocenters. The van der Waals surface area contributed by atoms with Crippen molar-refractivity contribution < 1.29 is 9.59 Å². The Kier molecular flexibility index (Phi) is 2.64. The third-order valence-electron chi connectivity index (χ3n) is 3.19. The van der Waals surface area contributed by atoms with Gasteiger partial charge in [0.25, 0.3) is 0 Å². The van der Waals surface area contributed by atoms with E-state index in [0.717, 1.165) is 32.2 Å². The van der Waals surface area contributed by atoms with Gasteiger partial charge in [0, 0.05) is 13.0 Å². The van der Waals surface area contributed by atoms with Crippen LogP contribution in [-0.2, 0) is 9.59 Å². The maximum atomic E-state index is 11.6. The molecule has 0 saturated carbocycles. The van der Waals surface area contributed by atoms with E-state index < -0.39 is 0 Å². The maximum absolute atomic E-state index is 11.6. The van der Waals surface area contributed by atoms with E-state index in [2.05, 4.69) is 4.99 Å². The normalized spacial score (nSPS) is 32.0. The van der Waals surface area contributed by atoms with Crippen molar-refractivity contribution in [3.8, 4) is 0 Å². The first-order valence-electron chi connectivity index (χ1n) is 5.19. The predicted octanol–water partition coefficient (Wildman–Crippen LogP) is 0.866. The lowest BCUT2D eigenvalue weighted by atomic mass is 9.89. The Morgan fingerprint density at radius 3 is 3.00 bits per heavy atom. The van der Waals surface area contributed by atoms with Crippen molar-refractivity contribution in [1.82, 2.24) is 4.90 Å². The van der Waals surface area contributed by atoms with Gasteiger partial charge in [-0.05, 0) is 25.7 Å². The molecule has 2 saturated heterocycles. The molecule has 0 spiro atoms. The molecule has 0 bridgehead atoms. The molecule has 4 nitrogen and oxygen atoms in total. The quantitative estimate of drug-likeness (QED) is 0.459. The van der Waals surface area contributed by atoms with Crippen LogP contribution in [0.25, 0.3) is 0 Å². The van der Waals surface area contributed by atoms with E-state index in [1.807, 2.05) is 4.90 Å². The lowest BCUT2D eigenvalue weighted by Gasteiger charge is -2.42. The minimum absolute atomic E-state index is 0.00509. The average Bonchev–Trinajstić information content (AvgIpc) is 2.23. The molecule has 14 heavy (non-hydrogen) atoms. The third-order valence-corrected chi connectivity index (χ3v) is 3.19. The van der Waals surface area contributed by atoms with Gasteiger partial charge in [0.05, 0.1) is 12.1 Å². The molecule has 1 amide bonds. The molecule has 0 aromatic carbocycles. The number of carbonyl (C=O) groups excluding carboxylic acids is 2. The van der Waals surface area contributed by atoms with Gasteiger partial charge in [-0.15, -0.1) is 0 Å². The van der Waals surface area contributed by atoms with E-state index in [4.69, 9.17) is 0 Å². The fourth-order valence-corrected chi connectivity index (χ4v) is 2.49. The van der Waals surface area contributed by atoms with Gasteiger partial charge in [-0.25, -0.2) is 9.79 Å². The Bertz CT molecular complexity index is 282. The van der Waals surface area contributed by atoms with Crippen LogP contribution >= 0.6 is 0 Å². The summed E-state index contributed by atoms with van der Waals surface area (Å²) in [4.78, 5) is 27.5. The molecular formula is C10H14N2O2. The summed E-state index contributed by atoms with van der Waals surface area (Å²) in [5, 5.41) is 0. The molecule has 2 aliphatic rings. The molecule has 2 atom stereocenters. The van der Waals surface area contributed by atoms with E-state index in [9.17, 15) is 9.59 Å². The van der Waals surface area contributed by atoms with Crippen LogP contribution < -0.4 is 0 Å². The zero-order valence-corrected chi connectivity index (χ0v) is 8.11. The van der Waals surface area contributed by atoms with E-state index >= 15 is 0 Å². The van der Waals surface area contributed by atoms with Crippen LogP contribution in [0.1, 0.15) is 32.1 Å². The number of fused-ring (bicyclic) bond motifs is 1. The van der Waals surface area contributed by atoms with E-state index in [-0.39, 0.29) is 18.0 Å². The topological polar surface area (TPSA) is 49.7 Å². The Hall–Kier alpha value is -1.15. The highest BCUT2D eigenvalue weighted by Crippen LogP contribution is 2.28. The van der Waals surface area contributed by atoms with Crippen molar-refractivity contribution in [3.05, 3.63) is 0 Å². The summed E-state index contributed by atoms with van der Waals surface area (Å²) >= 11 is 0. The summed E-state index contributed by atoms with van der Waals surface area (Å²) in [6, 6.07) is 0.178. The minimum atomic E-state index is 0.00509. The summed E-state index contributed by atoms with van der Waals surface area (Å²) in [5.41, 5.74) is 0. The minimum Gasteiger partial charge on any atom is -0.338 e. The first-order valence-corrected chi connectivity index (χ1v) is 5.19. The van der Waals surface area contributed by atoms with Gasteiger partial charge in [-0.3, -0.25) is 4.79 Å². The van der Waals surface area contributed by atoms with Crippen molar-refractivity contribution in [2.75, 3.05) is 6.54 Å². The fraction of sp³-hybridized carbons (Fsp3) is 0.800. The number of hydrogen-bond acceptors (Lipinski definition) is 3. The van der Waals surface area contributed by atoms with Crippen LogP contribution in [0.4, 0.5) is 0 Å². The van der Waals surface area contributed by atoms with Crippen LogP contribution in [0.5, 0.6) is 0 Å². The second-order valence-corrected chi connectivity index (χ2v) is 3.98. The van der Waals surface area contributed by atoms with Gasteiger partial charge in [0.15, 0.2) is 0 Å². The number of isocyanates is 1. The molecule has 76 valence electrons. The summed E-state index contributed by atoms with van der Waals surface area (Å²) < 4.78 is 0. The Labute approximate surface area is 83.0 Å². The lowest BCUT2D eigenvalue weighted by Crippen LogP contribution is -2.52. The molecule has 0 aliphatic carbocycles. The van der Waals surface area contributed by atoms with Gasteiger partial charge < -0.3 is 4.90 Å². The Balaban J connectivity index is 2.15. The highest BCUT2D eigenvalue weighted by molar-refractivity contribution is 5.77. The lowest BCUT2D eigenvalue weighted by molar-refractivity contribution is -0.138. The smallest absolute Gasteiger partial charge is 0.235 e. The highest BCUT2D eigenvalue weighted by atomic mass is 16.2. The number of aliphatic imine (C=N–C) groups is 1. The van der Waals surface area contributed by atoms with Crippen molar-refractivity contribution >= 4 is 12.0 Å². The Morgan fingerprint density at radius 2 is 2.21 bits per heavy atom. The SMILES string of the molecule is O=C=N[C@H]1CCC(=O)N2CCCC[C@H]12. The molecule has 2 heterocycles. The molecular weight excluding hydrogens is 180 g/mol. The van der Waals surface area contributed by atoms with Crippen LogP contribution in [0, 0.1) is 0 Å². The van der Waals surface area contributed by atoms with Gasteiger partial charge in [-0.1, -0.05) is 0 Å². The maximum Gasteiger partial charge on any atom is 0.235 e. The monoisotopic (exact) mass is 194 g/mol. The van der Waals surface area contributed by atoms with E-state index in [1.54, 1.807) is 6.08 Å². The van der Waals surface area contributed by atoms with Gasteiger partial charge in [0.1, 0.15) is 0 Å². The van der Waals surface area contributed by atoms with E-state index in [1.165, 1.54) is 0 Å². The molecule has 2 fully saturated rings. The second kappa shape index (κ2) is 3.93. The Morgan fingerprint density at radius 1 is 1.36 bits per heavy atom. The predicted molar refractivity (Wildman–Crippen MR) is 50.5 cm³/mol. The second-order valence-electron chi connectivity index (χ2n) is 3.98.